The Morgan fingerprint density at radius 1 is 0.275 bits per heavy atom. The van der Waals surface area contributed by atoms with E-state index in [-0.39, 0.29) is 128 Å². The van der Waals surface area contributed by atoms with Crippen molar-refractivity contribution in [2.45, 2.75) is 97.9 Å². The Labute approximate surface area is 659 Å². The van der Waals surface area contributed by atoms with Gasteiger partial charge in [0.2, 0.25) is 0 Å². The van der Waals surface area contributed by atoms with Crippen LogP contribution in [0.2, 0.25) is 0 Å². The second-order valence-electron chi connectivity index (χ2n) is 18.3. The number of hydrogen-bond donors (Lipinski definition) is 0. The first kappa shape index (κ1) is 116. The van der Waals surface area contributed by atoms with Crippen molar-refractivity contribution in [2.75, 3.05) is 52.9 Å². The van der Waals surface area contributed by atoms with Crippen LogP contribution in [0.15, 0.2) is 215 Å². The van der Waals surface area contributed by atoms with Crippen molar-refractivity contribution in [3.8, 4) is 0 Å². The topological polar surface area (TPSA) is 189 Å². The summed E-state index contributed by atoms with van der Waals surface area (Å²) in [5, 5.41) is 0. The van der Waals surface area contributed by atoms with Crippen molar-refractivity contribution in [2.24, 2.45) is 20.0 Å². The number of hydrogen-bond acceptors (Lipinski definition) is 16. The van der Waals surface area contributed by atoms with Crippen LogP contribution in [0.5, 0.6) is 0 Å². The summed E-state index contributed by atoms with van der Waals surface area (Å²) in [4.78, 5) is 55.0. The third-order valence-corrected chi connectivity index (χ3v) is 11.0. The molecule has 16 nitrogen and oxygen atoms in total. The van der Waals surface area contributed by atoms with Crippen molar-refractivity contribution in [1.82, 2.24) is 39.9 Å². The molecule has 0 amide bonds. The second-order valence-corrected chi connectivity index (χ2v) is 18.3. The predicted molar refractivity (Wildman–Crippen MR) is 430 cm³/mol. The third-order valence-electron chi connectivity index (χ3n) is 11.0. The van der Waals surface area contributed by atoms with E-state index in [9.17, 15) is 0 Å². The van der Waals surface area contributed by atoms with Gasteiger partial charge in [-0.25, -0.2) is 19.9 Å². The van der Waals surface area contributed by atoms with Crippen molar-refractivity contribution in [3.63, 3.8) is 0 Å². The van der Waals surface area contributed by atoms with Gasteiger partial charge in [0.25, 0.3) is 0 Å². The van der Waals surface area contributed by atoms with Crippen LogP contribution in [-0.2, 0) is 87.2 Å². The van der Waals surface area contributed by atoms with E-state index in [2.05, 4.69) is 59.8 Å². The van der Waals surface area contributed by atoms with Crippen LogP contribution in [0, 0.1) is 57.4 Å². The van der Waals surface area contributed by atoms with E-state index in [4.69, 9.17) is 18.9 Å². The maximum Gasteiger partial charge on any atom is 2.00 e. The molecule has 0 radical (unpaired) electrons. The van der Waals surface area contributed by atoms with Crippen LogP contribution >= 0.6 is 0 Å². The van der Waals surface area contributed by atoms with Crippen molar-refractivity contribution in [3.05, 3.63) is 275 Å². The molecule has 0 N–H and O–H groups in total. The summed E-state index contributed by atoms with van der Waals surface area (Å²) in [7, 11) is 0. The quantitative estimate of drug-likeness (QED) is 0.104. The van der Waals surface area contributed by atoms with Gasteiger partial charge in [-0.15, -0.1) is 0 Å². The maximum absolute atomic E-state index is 4.83. The molecule has 1 aliphatic heterocycles. The van der Waals surface area contributed by atoms with Crippen LogP contribution in [-0.4, -0.2) is 118 Å². The van der Waals surface area contributed by atoms with Gasteiger partial charge in [0, 0.05) is 87.0 Å². The second kappa shape index (κ2) is 76.1. The minimum absolute atomic E-state index is 0. The summed E-state index contributed by atoms with van der Waals surface area (Å²) < 4.78 is 19.3. The number of rotatable bonds is 8. The van der Waals surface area contributed by atoms with Gasteiger partial charge in [0.1, 0.15) is 0 Å². The summed E-state index contributed by atoms with van der Waals surface area (Å²) in [6, 6.07) is 53.7. The molecule has 10 rings (SSSR count). The van der Waals surface area contributed by atoms with Gasteiger partial charge in [-0.05, 0) is 165 Å². The monoisotopic (exact) mass is 1560 g/mol. The summed E-state index contributed by atoms with van der Waals surface area (Å²) >= 11 is 0. The molecule has 1 aliphatic rings. The Bertz CT molecular complexity index is 3190. The van der Waals surface area contributed by atoms with E-state index >= 15 is 0 Å². The van der Waals surface area contributed by atoms with E-state index in [0.717, 1.165) is 143 Å². The normalized spacial score (nSPS) is 9.14. The zero-order valence-electron chi connectivity index (χ0n) is 62.0. The van der Waals surface area contributed by atoms with Gasteiger partial charge in [-0.1, -0.05) is 75.5 Å². The van der Waals surface area contributed by atoms with Gasteiger partial charge in [0.15, 0.2) is 0 Å². The van der Waals surface area contributed by atoms with Crippen LogP contribution in [0.3, 0.4) is 0 Å². The van der Waals surface area contributed by atoms with Gasteiger partial charge in [-0.3, -0.25) is 39.9 Å². The van der Waals surface area contributed by atoms with Gasteiger partial charge >= 0.3 is 34.1 Å². The first-order chi connectivity index (χ1) is 44.1. The SMILES string of the molecule is C.C.C1=Nc2cccc(c2)N=Cc2cccc(n2)C=Nc2cccc(c2)N=Cc2cccc1n2.CCOCC.CCOCC.CCOCC.CCOCC.C[CH+]C.C[CH+]C.[CH3-].[CH3-].[CH3-].[CH3-].[CH3-].[CH3-].[Fe+2].[Fe+2].[Fe].[Fe].c1cc2cnc3ccccc3ncc3cccc(cnc4ccccc4ncc(c1)n2)n3. The molecule has 12 bridgehead atoms. The number of pyridine rings is 4. The zero-order chi connectivity index (χ0) is 65.1. The van der Waals surface area contributed by atoms with Crippen molar-refractivity contribution in [1.29, 1.82) is 0 Å². The molecule has 4 aromatic carbocycles. The molecule has 6 heterocycles. The van der Waals surface area contributed by atoms with Crippen molar-refractivity contribution >= 4 is 91.7 Å². The Balaban J connectivity index is -0.000000142. The van der Waals surface area contributed by atoms with E-state index in [0.29, 0.717) is 0 Å². The fraction of sp³-hybridized carbons (Fsp3) is 0.268. The van der Waals surface area contributed by atoms with Gasteiger partial charge in [0.05, 0.1) is 180 Å². The number of nitrogens with zero attached hydrogens (tertiary/aromatic N) is 12. The Morgan fingerprint density at radius 2 is 0.461 bits per heavy atom. The zero-order valence-corrected chi connectivity index (χ0v) is 66.4. The first-order valence-corrected chi connectivity index (χ1v) is 30.5. The van der Waals surface area contributed by atoms with Crippen molar-refractivity contribution < 1.29 is 87.2 Å². The Kier molecular flexibility index (Phi) is 86.4. The molecule has 0 fully saturated rings. The van der Waals surface area contributed by atoms with Gasteiger partial charge in [-0.2, -0.15) is 0 Å². The fourth-order valence-corrected chi connectivity index (χ4v) is 7.04. The van der Waals surface area contributed by atoms with E-state index in [1.54, 1.807) is 49.6 Å². The molecule has 0 spiro atoms. The van der Waals surface area contributed by atoms with Crippen LogP contribution in [0.1, 0.15) is 121 Å². The largest absolute Gasteiger partial charge is 2.00 e. The number of aromatic nitrogens is 8. The molecule has 0 atom stereocenters. The summed E-state index contributed by atoms with van der Waals surface area (Å²) in [5.74, 6) is 0. The number of ether oxygens (including phenoxy) is 4. The smallest absolute Gasteiger partial charge is 0.382 e. The molecule has 5 aromatic heterocycles. The minimum atomic E-state index is 0. The molecule has 0 saturated carbocycles. The molecular weight excluding hydrogens is 1440 g/mol. The number of fused-ring (bicyclic) bond motifs is 14. The molecule has 0 aliphatic carbocycles. The number of para-hydroxylation sites is 4. The van der Waals surface area contributed by atoms with E-state index < -0.39 is 0 Å². The summed E-state index contributed by atoms with van der Waals surface area (Å²) in [6.45, 7) is 30.7. The summed E-state index contributed by atoms with van der Waals surface area (Å²) in [5.41, 5.74) is 12.1. The standard InChI is InChI=1S/2C26H18N6.4C4H10O.2C3H7.2CH4.6CH3.4Fe/c1-5-19-13-20(6-1)28-16-24-10-4-12-26(32-24)18-30-22-8-2-7-21(14-22)29-17-25-11-3-9-23(31-25)15-27-19;1-2-12-24-23(11-1)27-15-19-7-5-9-21(31-19)17-29-25-13-3-4-14-26(25)30-18-22-10-6-8-20(32-22)16-28-24;4*1-3-5-4-2;2*1-3-2;;;;;;;;;;;;/h2*1-18H;4*3-4H2,1-2H3;2*3H,1-2H3;2*1H4;6*1H3;;;;/q;;;;;;2*+1;;;6*-1;;;2*+2. The maximum atomic E-state index is 4.83. The van der Waals surface area contributed by atoms with Crippen LogP contribution in [0.25, 0.3) is 44.1 Å². The Hall–Kier alpha value is -7.50. The predicted octanol–water partition coefficient (Wildman–Crippen LogP) is 21.9. The molecule has 102 heavy (non-hydrogen) atoms. The molecule has 20 heteroatoms. The average molecular weight is 1560 g/mol. The van der Waals surface area contributed by atoms with E-state index in [1.807, 2.05) is 266 Å². The van der Waals surface area contributed by atoms with E-state index in [1.165, 1.54) is 0 Å². The van der Waals surface area contributed by atoms with Gasteiger partial charge < -0.3 is 63.5 Å². The Morgan fingerprint density at radius 3 is 0.647 bits per heavy atom. The number of benzene rings is 4. The molecule has 0 saturated heterocycles. The molecule has 9 aromatic rings. The van der Waals surface area contributed by atoms with Crippen LogP contribution < -0.4 is 0 Å². The first-order valence-electron chi connectivity index (χ1n) is 30.5. The minimum Gasteiger partial charge on any atom is -0.382 e. The molecule has 560 valence electrons. The van der Waals surface area contributed by atoms with Crippen LogP contribution in [0.4, 0.5) is 22.7 Å². The number of aliphatic imine (C=N–C) groups is 4. The summed E-state index contributed by atoms with van der Waals surface area (Å²) in [6.07, 6.45) is 17.9. The third kappa shape index (κ3) is 51.6. The average Bonchev–Trinajstić information content (AvgIpc) is 0.864. The molecule has 0 unspecified atom stereocenters. The molecular formula is C82H116Fe4N12O4. The fourth-order valence-electron chi connectivity index (χ4n) is 7.04.